The number of hydrogen-bond acceptors (Lipinski definition) is 4. The molecule has 0 radical (unpaired) electrons. The molecule has 1 saturated heterocycles. The molecular weight excluding hydrogens is 404 g/mol. The van der Waals surface area contributed by atoms with Crippen LogP contribution in [0.2, 0.25) is 0 Å². The first-order chi connectivity index (χ1) is 8.45. The lowest BCUT2D eigenvalue weighted by Crippen LogP contribution is -2.39. The van der Waals surface area contributed by atoms with Crippen LogP contribution in [0.4, 0.5) is 0 Å². The van der Waals surface area contributed by atoms with Gasteiger partial charge in [-0.05, 0) is 63.2 Å². The van der Waals surface area contributed by atoms with Crippen molar-refractivity contribution in [1.82, 2.24) is 4.31 Å². The Kier molecular flexibility index (Phi) is 4.88. The van der Waals surface area contributed by atoms with Crippen LogP contribution in [-0.2, 0) is 10.0 Å². The molecule has 1 aliphatic rings. The fourth-order valence-corrected chi connectivity index (χ4v) is 7.26. The number of nitrogens with zero attached hydrogens (tertiary/aromatic N) is 1. The zero-order valence-corrected chi connectivity index (χ0v) is 14.4. The van der Waals surface area contributed by atoms with Crippen LogP contribution < -0.4 is 5.73 Å². The molecule has 0 bridgehead atoms. The van der Waals surface area contributed by atoms with Gasteiger partial charge in [0.25, 0.3) is 0 Å². The summed E-state index contributed by atoms with van der Waals surface area (Å²) in [6, 6.07) is 1.65. The van der Waals surface area contributed by atoms with Crippen LogP contribution >= 0.6 is 43.2 Å². The molecule has 18 heavy (non-hydrogen) atoms. The number of sulfonamides is 1. The maximum atomic E-state index is 12.5. The van der Waals surface area contributed by atoms with E-state index in [-0.39, 0.29) is 0 Å². The minimum absolute atomic E-state index is 0.352. The number of thiophene rings is 1. The zero-order chi connectivity index (χ0) is 13.3. The Labute approximate surface area is 128 Å². The van der Waals surface area contributed by atoms with Gasteiger partial charge in [-0.15, -0.1) is 11.3 Å². The number of nitrogens with two attached hydrogens (primary N) is 1. The molecule has 1 aromatic heterocycles. The highest BCUT2D eigenvalue weighted by atomic mass is 79.9. The second-order valence-electron chi connectivity index (χ2n) is 4.27. The van der Waals surface area contributed by atoms with Gasteiger partial charge in [-0.25, -0.2) is 8.42 Å². The third-order valence-corrected chi connectivity index (χ3v) is 7.80. The van der Waals surface area contributed by atoms with Crippen molar-refractivity contribution >= 4 is 53.2 Å². The number of halogens is 2. The van der Waals surface area contributed by atoms with Gasteiger partial charge in [-0.3, -0.25) is 0 Å². The standard InChI is InChI=1S/C10H14Br2N2O2S2/c11-9-5-8(10(12)17-9)18(15,16)14-3-1-7(6-13)2-4-14/h5,7H,1-4,6,13H2. The first-order valence-electron chi connectivity index (χ1n) is 5.60. The lowest BCUT2D eigenvalue weighted by molar-refractivity contribution is 0.278. The first kappa shape index (κ1) is 14.9. The summed E-state index contributed by atoms with van der Waals surface area (Å²) in [7, 11) is -3.38. The third-order valence-electron chi connectivity index (χ3n) is 3.15. The molecule has 1 aromatic rings. The van der Waals surface area contributed by atoms with Crippen molar-refractivity contribution in [2.24, 2.45) is 11.7 Å². The van der Waals surface area contributed by atoms with Gasteiger partial charge >= 0.3 is 0 Å². The number of hydrogen-bond donors (Lipinski definition) is 1. The van der Waals surface area contributed by atoms with Crippen LogP contribution in [0.3, 0.4) is 0 Å². The molecule has 0 saturated carbocycles. The molecule has 2 rings (SSSR count). The van der Waals surface area contributed by atoms with Crippen molar-refractivity contribution in [3.63, 3.8) is 0 Å². The molecule has 0 spiro atoms. The Morgan fingerprint density at radius 3 is 2.44 bits per heavy atom. The van der Waals surface area contributed by atoms with Crippen LogP contribution in [0.25, 0.3) is 0 Å². The Morgan fingerprint density at radius 1 is 1.39 bits per heavy atom. The second kappa shape index (κ2) is 5.88. The summed E-state index contributed by atoms with van der Waals surface area (Å²) in [5.74, 6) is 0.453. The van der Waals surface area contributed by atoms with Gasteiger partial charge in [0, 0.05) is 13.1 Å². The molecule has 0 aliphatic carbocycles. The first-order valence-corrected chi connectivity index (χ1v) is 9.44. The van der Waals surface area contributed by atoms with Crippen molar-refractivity contribution in [2.75, 3.05) is 19.6 Å². The van der Waals surface area contributed by atoms with E-state index in [1.165, 1.54) is 11.3 Å². The van der Waals surface area contributed by atoms with Crippen LogP contribution in [0.5, 0.6) is 0 Å². The van der Waals surface area contributed by atoms with Gasteiger partial charge in [0.05, 0.1) is 7.57 Å². The largest absolute Gasteiger partial charge is 0.330 e. The summed E-state index contributed by atoms with van der Waals surface area (Å²) >= 11 is 7.99. The summed E-state index contributed by atoms with van der Waals surface area (Å²) in [4.78, 5) is 0.352. The summed E-state index contributed by atoms with van der Waals surface area (Å²) in [5, 5.41) is 0. The van der Waals surface area contributed by atoms with E-state index in [1.54, 1.807) is 10.4 Å². The van der Waals surface area contributed by atoms with Crippen molar-refractivity contribution in [1.29, 1.82) is 0 Å². The van der Waals surface area contributed by atoms with E-state index in [9.17, 15) is 8.42 Å². The van der Waals surface area contributed by atoms with Crippen LogP contribution in [0.1, 0.15) is 12.8 Å². The minimum Gasteiger partial charge on any atom is -0.330 e. The van der Waals surface area contributed by atoms with E-state index < -0.39 is 10.0 Å². The molecule has 1 fully saturated rings. The van der Waals surface area contributed by atoms with E-state index in [2.05, 4.69) is 31.9 Å². The van der Waals surface area contributed by atoms with Gasteiger partial charge in [-0.1, -0.05) is 0 Å². The number of piperidine rings is 1. The SMILES string of the molecule is NCC1CCN(S(=O)(=O)c2cc(Br)sc2Br)CC1. The molecule has 2 N–H and O–H groups in total. The highest BCUT2D eigenvalue weighted by Gasteiger charge is 2.31. The fraction of sp³-hybridized carbons (Fsp3) is 0.600. The van der Waals surface area contributed by atoms with Crippen LogP contribution in [0.15, 0.2) is 18.5 Å². The normalized spacial score (nSPS) is 19.3. The summed E-state index contributed by atoms with van der Waals surface area (Å²) in [6.07, 6.45) is 1.69. The van der Waals surface area contributed by atoms with Crippen molar-refractivity contribution in [3.8, 4) is 0 Å². The summed E-state index contributed by atoms with van der Waals surface area (Å²) in [5.41, 5.74) is 5.62. The van der Waals surface area contributed by atoms with Gasteiger partial charge in [0.15, 0.2) is 0 Å². The molecule has 0 unspecified atom stereocenters. The molecule has 0 atom stereocenters. The van der Waals surface area contributed by atoms with Crippen LogP contribution in [0, 0.1) is 5.92 Å². The highest BCUT2D eigenvalue weighted by Crippen LogP contribution is 2.37. The lowest BCUT2D eigenvalue weighted by Gasteiger charge is -2.30. The van der Waals surface area contributed by atoms with E-state index in [4.69, 9.17) is 5.73 Å². The molecule has 102 valence electrons. The smallest absolute Gasteiger partial charge is 0.245 e. The topological polar surface area (TPSA) is 63.4 Å². The molecule has 1 aliphatic heterocycles. The van der Waals surface area contributed by atoms with Gasteiger partial charge in [-0.2, -0.15) is 4.31 Å². The van der Waals surface area contributed by atoms with Gasteiger partial charge < -0.3 is 5.73 Å². The molecule has 0 amide bonds. The van der Waals surface area contributed by atoms with E-state index in [0.29, 0.717) is 34.2 Å². The van der Waals surface area contributed by atoms with E-state index >= 15 is 0 Å². The average molecular weight is 418 g/mol. The average Bonchev–Trinajstić information content (AvgIpc) is 2.69. The predicted octanol–water partition coefficient (Wildman–Crippen LogP) is 2.63. The van der Waals surface area contributed by atoms with Crippen LogP contribution in [-0.4, -0.2) is 32.4 Å². The maximum Gasteiger partial charge on any atom is 0.245 e. The maximum absolute atomic E-state index is 12.5. The molecule has 2 heterocycles. The second-order valence-corrected chi connectivity index (χ2v) is 9.93. The number of rotatable bonds is 3. The zero-order valence-electron chi connectivity index (χ0n) is 9.60. The highest BCUT2D eigenvalue weighted by molar-refractivity contribution is 9.12. The predicted molar refractivity (Wildman–Crippen MR) is 80.3 cm³/mol. The monoisotopic (exact) mass is 416 g/mol. The Bertz CT molecular complexity index is 522. The van der Waals surface area contributed by atoms with E-state index in [1.807, 2.05) is 0 Å². The van der Waals surface area contributed by atoms with Gasteiger partial charge in [0.1, 0.15) is 4.90 Å². The fourth-order valence-electron chi connectivity index (χ4n) is 2.03. The van der Waals surface area contributed by atoms with Crippen molar-refractivity contribution in [2.45, 2.75) is 17.7 Å². The Morgan fingerprint density at radius 2 is 2.00 bits per heavy atom. The Balaban J connectivity index is 2.20. The molecule has 8 heteroatoms. The summed E-state index contributed by atoms with van der Waals surface area (Å²) < 4.78 is 27.9. The van der Waals surface area contributed by atoms with Gasteiger partial charge in [0.2, 0.25) is 10.0 Å². The quantitative estimate of drug-likeness (QED) is 0.821. The lowest BCUT2D eigenvalue weighted by atomic mass is 9.99. The van der Waals surface area contributed by atoms with Crippen molar-refractivity contribution < 1.29 is 8.42 Å². The molecule has 0 aromatic carbocycles. The Hall–Kier alpha value is 0.530. The van der Waals surface area contributed by atoms with E-state index in [0.717, 1.165) is 16.6 Å². The van der Waals surface area contributed by atoms with Crippen molar-refractivity contribution in [3.05, 3.63) is 13.6 Å². The molecular formula is C10H14Br2N2O2S2. The minimum atomic E-state index is -3.38. The summed E-state index contributed by atoms with van der Waals surface area (Å²) in [6.45, 7) is 1.76. The third kappa shape index (κ3) is 2.99. The molecule has 4 nitrogen and oxygen atoms in total.